The molecule has 3 aromatic rings. The van der Waals surface area contributed by atoms with Crippen LogP contribution in [-0.4, -0.2) is 4.98 Å². The number of anilines is 1. The van der Waals surface area contributed by atoms with Gasteiger partial charge in [0.25, 0.3) is 0 Å². The molecule has 0 spiro atoms. The molecule has 1 heterocycles. The second-order valence-corrected chi connectivity index (χ2v) is 4.47. The van der Waals surface area contributed by atoms with Gasteiger partial charge in [0.2, 0.25) is 0 Å². The molecule has 0 fully saturated rings. The first-order valence-corrected chi connectivity index (χ1v) is 6.25. The quantitative estimate of drug-likeness (QED) is 0.694. The lowest BCUT2D eigenvalue weighted by atomic mass is 10.0. The second-order valence-electron chi connectivity index (χ2n) is 4.47. The molecule has 18 heavy (non-hydrogen) atoms. The summed E-state index contributed by atoms with van der Waals surface area (Å²) >= 11 is 0. The van der Waals surface area contributed by atoms with E-state index in [9.17, 15) is 0 Å². The third kappa shape index (κ3) is 1.58. The average Bonchev–Trinajstić information content (AvgIpc) is 2.77. The Balaban J connectivity index is 2.30. The molecule has 0 amide bonds. The lowest BCUT2D eigenvalue weighted by Crippen LogP contribution is -1.89. The summed E-state index contributed by atoms with van der Waals surface area (Å²) in [5.41, 5.74) is 11.7. The van der Waals surface area contributed by atoms with Crippen molar-refractivity contribution in [1.29, 1.82) is 0 Å². The standard InChI is InChI=1S/C16H16N2/c1-2-11-9-6-10-13-14(11)15(17)16(18-13)12-7-4-3-5-8-12/h3-10,18H,2,17H2,1H3. The van der Waals surface area contributed by atoms with Gasteiger partial charge in [-0.15, -0.1) is 0 Å². The van der Waals surface area contributed by atoms with Crippen LogP contribution in [0.15, 0.2) is 48.5 Å². The first kappa shape index (κ1) is 10.9. The number of nitrogens with two attached hydrogens (primary N) is 1. The minimum absolute atomic E-state index is 0.855. The van der Waals surface area contributed by atoms with Crippen LogP contribution in [0, 0.1) is 0 Å². The summed E-state index contributed by atoms with van der Waals surface area (Å²) in [5, 5.41) is 1.17. The van der Waals surface area contributed by atoms with Crippen LogP contribution in [0.2, 0.25) is 0 Å². The summed E-state index contributed by atoms with van der Waals surface area (Å²) in [5.74, 6) is 0. The average molecular weight is 236 g/mol. The van der Waals surface area contributed by atoms with E-state index in [-0.39, 0.29) is 0 Å². The number of nitrogens with one attached hydrogen (secondary N) is 1. The van der Waals surface area contributed by atoms with Crippen molar-refractivity contribution in [2.24, 2.45) is 0 Å². The molecule has 0 atom stereocenters. The first-order chi connectivity index (χ1) is 8.81. The number of H-pyrrole nitrogens is 1. The highest BCUT2D eigenvalue weighted by Gasteiger charge is 2.12. The van der Waals surface area contributed by atoms with E-state index in [1.165, 1.54) is 10.9 Å². The number of aromatic amines is 1. The molecule has 3 N–H and O–H groups in total. The number of rotatable bonds is 2. The second kappa shape index (κ2) is 4.22. The number of aromatic nitrogens is 1. The van der Waals surface area contributed by atoms with Gasteiger partial charge < -0.3 is 10.7 Å². The van der Waals surface area contributed by atoms with Crippen LogP contribution >= 0.6 is 0 Å². The number of aryl methyl sites for hydroxylation is 1. The van der Waals surface area contributed by atoms with E-state index in [1.54, 1.807) is 0 Å². The molecule has 0 saturated heterocycles. The van der Waals surface area contributed by atoms with E-state index in [2.05, 4.69) is 42.2 Å². The van der Waals surface area contributed by atoms with Crippen molar-refractivity contribution in [3.05, 3.63) is 54.1 Å². The van der Waals surface area contributed by atoms with Gasteiger partial charge in [-0.3, -0.25) is 0 Å². The van der Waals surface area contributed by atoms with Crippen molar-refractivity contribution in [2.75, 3.05) is 5.73 Å². The number of fused-ring (bicyclic) bond motifs is 1. The van der Waals surface area contributed by atoms with Gasteiger partial charge in [-0.1, -0.05) is 49.4 Å². The van der Waals surface area contributed by atoms with E-state index in [0.29, 0.717) is 0 Å². The van der Waals surface area contributed by atoms with Crippen molar-refractivity contribution < 1.29 is 0 Å². The molecule has 0 aliphatic carbocycles. The lowest BCUT2D eigenvalue weighted by molar-refractivity contribution is 1.16. The van der Waals surface area contributed by atoms with Crippen LogP contribution < -0.4 is 5.73 Å². The van der Waals surface area contributed by atoms with Gasteiger partial charge in [0, 0.05) is 16.5 Å². The molecule has 0 unspecified atom stereocenters. The highest BCUT2D eigenvalue weighted by molar-refractivity contribution is 6.01. The number of benzene rings is 2. The zero-order chi connectivity index (χ0) is 12.5. The van der Waals surface area contributed by atoms with Crippen LogP contribution in [0.1, 0.15) is 12.5 Å². The minimum atomic E-state index is 0.855. The molecule has 2 heteroatoms. The van der Waals surface area contributed by atoms with E-state index in [4.69, 9.17) is 5.73 Å². The summed E-state index contributed by atoms with van der Waals surface area (Å²) in [7, 11) is 0. The van der Waals surface area contributed by atoms with Crippen LogP contribution in [0.25, 0.3) is 22.2 Å². The molecule has 3 rings (SSSR count). The van der Waals surface area contributed by atoms with Crippen LogP contribution in [-0.2, 0) is 6.42 Å². The Morgan fingerprint density at radius 3 is 2.50 bits per heavy atom. The summed E-state index contributed by atoms with van der Waals surface area (Å²) in [6, 6.07) is 16.5. The number of hydrogen-bond acceptors (Lipinski definition) is 1. The monoisotopic (exact) mass is 236 g/mol. The molecule has 0 saturated carbocycles. The van der Waals surface area contributed by atoms with E-state index in [0.717, 1.165) is 28.9 Å². The normalized spacial score (nSPS) is 10.9. The van der Waals surface area contributed by atoms with Crippen LogP contribution in [0.5, 0.6) is 0 Å². The maximum absolute atomic E-state index is 6.32. The third-order valence-electron chi connectivity index (χ3n) is 3.39. The van der Waals surface area contributed by atoms with Crippen molar-refractivity contribution in [3.8, 4) is 11.3 Å². The Labute approximate surface area is 106 Å². The fourth-order valence-corrected chi connectivity index (χ4v) is 2.48. The Kier molecular flexibility index (Phi) is 2.56. The lowest BCUT2D eigenvalue weighted by Gasteiger charge is -2.01. The molecule has 2 aromatic carbocycles. The fourth-order valence-electron chi connectivity index (χ4n) is 2.48. The smallest absolute Gasteiger partial charge is 0.0698 e. The first-order valence-electron chi connectivity index (χ1n) is 6.25. The molecule has 90 valence electrons. The highest BCUT2D eigenvalue weighted by atomic mass is 14.8. The van der Waals surface area contributed by atoms with Gasteiger partial charge in [0.15, 0.2) is 0 Å². The molecule has 2 nitrogen and oxygen atoms in total. The predicted octanol–water partition coefficient (Wildman–Crippen LogP) is 3.98. The van der Waals surface area contributed by atoms with Crippen molar-refractivity contribution in [3.63, 3.8) is 0 Å². The highest BCUT2D eigenvalue weighted by Crippen LogP contribution is 2.34. The summed E-state index contributed by atoms with van der Waals surface area (Å²) < 4.78 is 0. The molecule has 0 aliphatic rings. The summed E-state index contributed by atoms with van der Waals surface area (Å²) in [6.07, 6.45) is 0.994. The van der Waals surface area contributed by atoms with Gasteiger partial charge in [-0.25, -0.2) is 0 Å². The Morgan fingerprint density at radius 2 is 1.78 bits per heavy atom. The third-order valence-corrected chi connectivity index (χ3v) is 3.39. The maximum atomic E-state index is 6.32. The van der Waals surface area contributed by atoms with E-state index < -0.39 is 0 Å². The van der Waals surface area contributed by atoms with Crippen LogP contribution in [0.4, 0.5) is 5.69 Å². The summed E-state index contributed by atoms with van der Waals surface area (Å²) in [6.45, 7) is 2.16. The van der Waals surface area contributed by atoms with Gasteiger partial charge in [0.1, 0.15) is 0 Å². The zero-order valence-electron chi connectivity index (χ0n) is 10.4. The SMILES string of the molecule is CCc1cccc2[nH]c(-c3ccccc3)c(N)c12. The van der Waals surface area contributed by atoms with Gasteiger partial charge in [-0.2, -0.15) is 0 Å². The van der Waals surface area contributed by atoms with Crippen molar-refractivity contribution >= 4 is 16.6 Å². The predicted molar refractivity (Wildman–Crippen MR) is 77.5 cm³/mol. The van der Waals surface area contributed by atoms with E-state index in [1.807, 2.05) is 18.2 Å². The van der Waals surface area contributed by atoms with Gasteiger partial charge in [0.05, 0.1) is 11.4 Å². The molecule has 0 aliphatic heterocycles. The topological polar surface area (TPSA) is 41.8 Å². The van der Waals surface area contributed by atoms with Gasteiger partial charge >= 0.3 is 0 Å². The number of nitrogen functional groups attached to an aromatic ring is 1. The Morgan fingerprint density at radius 1 is 1.00 bits per heavy atom. The Bertz CT molecular complexity index is 681. The molecule has 0 bridgehead atoms. The maximum Gasteiger partial charge on any atom is 0.0698 e. The Hall–Kier alpha value is -2.22. The number of hydrogen-bond donors (Lipinski definition) is 2. The summed E-state index contributed by atoms with van der Waals surface area (Å²) in [4.78, 5) is 3.43. The zero-order valence-corrected chi connectivity index (χ0v) is 10.4. The minimum Gasteiger partial charge on any atom is -0.396 e. The molecule has 0 radical (unpaired) electrons. The molecule has 1 aromatic heterocycles. The fraction of sp³-hybridized carbons (Fsp3) is 0.125. The van der Waals surface area contributed by atoms with Crippen LogP contribution in [0.3, 0.4) is 0 Å². The largest absolute Gasteiger partial charge is 0.396 e. The van der Waals surface area contributed by atoms with E-state index >= 15 is 0 Å². The van der Waals surface area contributed by atoms with Crippen molar-refractivity contribution in [1.82, 2.24) is 4.98 Å². The van der Waals surface area contributed by atoms with Gasteiger partial charge in [-0.05, 0) is 18.1 Å². The molecular formula is C16H16N2. The van der Waals surface area contributed by atoms with Crippen molar-refractivity contribution in [2.45, 2.75) is 13.3 Å². The molecular weight excluding hydrogens is 220 g/mol.